The van der Waals surface area contributed by atoms with Gasteiger partial charge in [0.05, 0.1) is 6.42 Å². The van der Waals surface area contributed by atoms with Crippen molar-refractivity contribution in [3.05, 3.63) is 34.3 Å². The Balaban J connectivity index is 1.50. The lowest BCUT2D eigenvalue weighted by atomic mass is 10.0. The lowest BCUT2D eigenvalue weighted by molar-refractivity contribution is -0.132. The molecule has 0 radical (unpaired) electrons. The maximum atomic E-state index is 12.6. The molecule has 4 nitrogen and oxygen atoms in total. The second-order valence-corrected chi connectivity index (χ2v) is 7.64. The lowest BCUT2D eigenvalue weighted by Crippen LogP contribution is -2.53. The first-order valence-electron chi connectivity index (χ1n) is 8.98. The zero-order chi connectivity index (χ0) is 17.1. The summed E-state index contributed by atoms with van der Waals surface area (Å²) in [5, 5.41) is 0.733. The van der Waals surface area contributed by atoms with E-state index in [1.54, 1.807) is 0 Å². The molecule has 1 aromatic rings. The maximum absolute atomic E-state index is 12.6. The monoisotopic (exact) mass is 349 g/mol. The number of benzene rings is 1. The number of piperidine rings is 1. The predicted molar refractivity (Wildman–Crippen MR) is 98.6 cm³/mol. The first-order valence-corrected chi connectivity index (χ1v) is 9.36. The quantitative estimate of drug-likeness (QED) is 0.838. The summed E-state index contributed by atoms with van der Waals surface area (Å²) in [7, 11) is 2.19. The van der Waals surface area contributed by atoms with E-state index in [2.05, 4.69) is 16.8 Å². The van der Waals surface area contributed by atoms with Gasteiger partial charge < -0.3 is 9.80 Å². The highest BCUT2D eigenvalue weighted by Gasteiger charge is 2.28. The van der Waals surface area contributed by atoms with Crippen LogP contribution in [-0.4, -0.2) is 73.0 Å². The topological polar surface area (TPSA) is 26.8 Å². The molecule has 1 amide bonds. The molecular formula is C19H28ClN3O. The zero-order valence-electron chi connectivity index (χ0n) is 14.8. The number of aryl methyl sites for hydroxylation is 1. The van der Waals surface area contributed by atoms with Crippen LogP contribution in [0, 0.1) is 6.92 Å². The van der Waals surface area contributed by atoms with E-state index in [1.807, 2.05) is 30.0 Å². The van der Waals surface area contributed by atoms with Gasteiger partial charge in [0.1, 0.15) is 0 Å². The number of nitrogens with zero attached hydrogens (tertiary/aromatic N) is 3. The molecule has 2 aliphatic rings. The van der Waals surface area contributed by atoms with Crippen LogP contribution in [0.25, 0.3) is 0 Å². The summed E-state index contributed by atoms with van der Waals surface area (Å²) in [5.41, 5.74) is 2.19. The predicted octanol–water partition coefficient (Wildman–Crippen LogP) is 2.43. The molecule has 2 saturated heterocycles. The Hall–Kier alpha value is -1.10. The Labute approximate surface area is 150 Å². The molecule has 2 aliphatic heterocycles. The summed E-state index contributed by atoms with van der Waals surface area (Å²) in [6.45, 7) is 8.46. The van der Waals surface area contributed by atoms with Crippen LogP contribution in [0.4, 0.5) is 0 Å². The highest BCUT2D eigenvalue weighted by Crippen LogP contribution is 2.20. The standard InChI is InChI=1S/C19H28ClN3O/c1-15-13-17(20)4-3-16(15)14-19(24)23-7-5-18(6-8-23)22-11-9-21(2)10-12-22/h3-4,13,18H,5-12,14H2,1-2H3. The third kappa shape index (κ3) is 4.29. The number of piperazine rings is 1. The molecule has 2 heterocycles. The second-order valence-electron chi connectivity index (χ2n) is 7.20. The normalized spacial score (nSPS) is 21.2. The summed E-state index contributed by atoms with van der Waals surface area (Å²) >= 11 is 6.00. The highest BCUT2D eigenvalue weighted by atomic mass is 35.5. The van der Waals surface area contributed by atoms with Crippen molar-refractivity contribution in [2.24, 2.45) is 0 Å². The van der Waals surface area contributed by atoms with Gasteiger partial charge in [-0.2, -0.15) is 0 Å². The number of carbonyl (C=O) groups is 1. The fourth-order valence-electron chi connectivity index (χ4n) is 3.80. The molecule has 0 atom stereocenters. The number of halogens is 1. The number of rotatable bonds is 3. The fourth-order valence-corrected chi connectivity index (χ4v) is 4.03. The van der Waals surface area contributed by atoms with Gasteiger partial charge in [-0.15, -0.1) is 0 Å². The van der Waals surface area contributed by atoms with Crippen molar-refractivity contribution >= 4 is 17.5 Å². The van der Waals surface area contributed by atoms with E-state index in [9.17, 15) is 4.79 Å². The first kappa shape index (κ1) is 17.7. The minimum atomic E-state index is 0.247. The summed E-state index contributed by atoms with van der Waals surface area (Å²) in [6, 6.07) is 6.44. The Morgan fingerprint density at radius 3 is 2.42 bits per heavy atom. The van der Waals surface area contributed by atoms with Gasteiger partial charge >= 0.3 is 0 Å². The first-order chi connectivity index (χ1) is 11.5. The molecule has 24 heavy (non-hydrogen) atoms. The Morgan fingerprint density at radius 2 is 1.79 bits per heavy atom. The van der Waals surface area contributed by atoms with Crippen molar-refractivity contribution in [2.75, 3.05) is 46.3 Å². The third-order valence-corrected chi connectivity index (χ3v) is 5.75. The SMILES string of the molecule is Cc1cc(Cl)ccc1CC(=O)N1CCC(N2CCN(C)CC2)CC1. The third-order valence-electron chi connectivity index (χ3n) is 5.52. The van der Waals surface area contributed by atoms with Crippen LogP contribution in [0.1, 0.15) is 24.0 Å². The summed E-state index contributed by atoms with van der Waals surface area (Å²) in [5.74, 6) is 0.247. The fraction of sp³-hybridized carbons (Fsp3) is 0.632. The smallest absolute Gasteiger partial charge is 0.227 e. The van der Waals surface area contributed by atoms with Crippen LogP contribution in [-0.2, 0) is 11.2 Å². The number of likely N-dealkylation sites (tertiary alicyclic amines) is 1. The van der Waals surface area contributed by atoms with Crippen LogP contribution >= 0.6 is 11.6 Å². The van der Waals surface area contributed by atoms with E-state index in [1.165, 1.54) is 13.1 Å². The summed E-state index contributed by atoms with van der Waals surface area (Å²) < 4.78 is 0. The molecule has 0 aromatic heterocycles. The average Bonchev–Trinajstić information content (AvgIpc) is 2.58. The molecular weight excluding hydrogens is 322 g/mol. The van der Waals surface area contributed by atoms with Gasteiger partial charge in [-0.25, -0.2) is 0 Å². The number of amides is 1. The molecule has 0 bridgehead atoms. The van der Waals surface area contributed by atoms with Crippen LogP contribution in [0.2, 0.25) is 5.02 Å². The Kier molecular flexibility index (Phi) is 5.80. The van der Waals surface area contributed by atoms with Gasteiger partial charge in [0.15, 0.2) is 0 Å². The van der Waals surface area contributed by atoms with Gasteiger partial charge in [-0.1, -0.05) is 17.7 Å². The number of hydrogen-bond donors (Lipinski definition) is 0. The van der Waals surface area contributed by atoms with Gasteiger partial charge in [0.25, 0.3) is 0 Å². The molecule has 0 spiro atoms. The molecule has 3 rings (SSSR count). The van der Waals surface area contributed by atoms with E-state index in [0.29, 0.717) is 12.5 Å². The Morgan fingerprint density at radius 1 is 1.12 bits per heavy atom. The minimum Gasteiger partial charge on any atom is -0.342 e. The van der Waals surface area contributed by atoms with Crippen molar-refractivity contribution < 1.29 is 4.79 Å². The van der Waals surface area contributed by atoms with Crippen molar-refractivity contribution in [3.63, 3.8) is 0 Å². The molecule has 132 valence electrons. The summed E-state index contributed by atoms with van der Waals surface area (Å²) in [6.07, 6.45) is 2.70. The van der Waals surface area contributed by atoms with Crippen LogP contribution in [0.5, 0.6) is 0 Å². The largest absolute Gasteiger partial charge is 0.342 e. The van der Waals surface area contributed by atoms with Crippen LogP contribution in [0.3, 0.4) is 0 Å². The molecule has 0 aliphatic carbocycles. The van der Waals surface area contributed by atoms with E-state index in [4.69, 9.17) is 11.6 Å². The zero-order valence-corrected chi connectivity index (χ0v) is 15.6. The maximum Gasteiger partial charge on any atom is 0.227 e. The molecule has 5 heteroatoms. The highest BCUT2D eigenvalue weighted by molar-refractivity contribution is 6.30. The van der Waals surface area contributed by atoms with Crippen molar-refractivity contribution in [1.82, 2.24) is 14.7 Å². The van der Waals surface area contributed by atoms with E-state index >= 15 is 0 Å². The number of likely N-dealkylation sites (N-methyl/N-ethyl adjacent to an activating group) is 1. The van der Waals surface area contributed by atoms with Crippen molar-refractivity contribution in [1.29, 1.82) is 0 Å². The van der Waals surface area contributed by atoms with Crippen LogP contribution < -0.4 is 0 Å². The van der Waals surface area contributed by atoms with E-state index < -0.39 is 0 Å². The molecule has 0 unspecified atom stereocenters. The molecule has 2 fully saturated rings. The molecule has 0 N–H and O–H groups in total. The van der Waals surface area contributed by atoms with Crippen molar-refractivity contribution in [3.8, 4) is 0 Å². The molecule has 1 aromatic carbocycles. The Bertz CT molecular complexity index is 576. The van der Waals surface area contributed by atoms with Crippen molar-refractivity contribution in [2.45, 2.75) is 32.2 Å². The lowest BCUT2D eigenvalue weighted by Gasteiger charge is -2.42. The van der Waals surface area contributed by atoms with Gasteiger partial charge in [-0.05, 0) is 50.1 Å². The molecule has 0 saturated carbocycles. The minimum absolute atomic E-state index is 0.247. The van der Waals surface area contributed by atoms with Gasteiger partial charge in [0, 0.05) is 50.3 Å². The average molecular weight is 350 g/mol. The van der Waals surface area contributed by atoms with E-state index in [0.717, 1.165) is 55.2 Å². The number of carbonyl (C=O) groups excluding carboxylic acids is 1. The summed E-state index contributed by atoms with van der Waals surface area (Å²) in [4.78, 5) is 19.7. The van der Waals surface area contributed by atoms with E-state index in [-0.39, 0.29) is 5.91 Å². The van der Waals surface area contributed by atoms with Gasteiger partial charge in [0.2, 0.25) is 5.91 Å². The second kappa shape index (κ2) is 7.85. The van der Waals surface area contributed by atoms with Gasteiger partial charge in [-0.3, -0.25) is 9.69 Å². The van der Waals surface area contributed by atoms with Crippen LogP contribution in [0.15, 0.2) is 18.2 Å². The number of hydrogen-bond acceptors (Lipinski definition) is 3.